The summed E-state index contributed by atoms with van der Waals surface area (Å²) in [5.41, 5.74) is 0. The van der Waals surface area contributed by atoms with Crippen molar-refractivity contribution < 1.29 is 13.2 Å². The van der Waals surface area contributed by atoms with E-state index in [0.29, 0.717) is 44.6 Å². The predicted molar refractivity (Wildman–Crippen MR) is 68.8 cm³/mol. The summed E-state index contributed by atoms with van der Waals surface area (Å²) in [4.78, 5) is 0. The molecule has 0 saturated carbocycles. The smallest absolute Gasteiger partial charge is 0.217 e. The minimum atomic E-state index is -3.11. The molecule has 0 aromatic rings. The van der Waals surface area contributed by atoms with Crippen LogP contribution < -0.4 is 5.32 Å². The van der Waals surface area contributed by atoms with Gasteiger partial charge in [-0.25, -0.2) is 8.42 Å². The Labute approximate surface area is 109 Å². The minimum absolute atomic E-state index is 0.216. The third-order valence-corrected chi connectivity index (χ3v) is 6.85. The van der Waals surface area contributed by atoms with E-state index in [0.717, 1.165) is 19.5 Å². The molecular formula is C12H22N2O3S. The second-order valence-electron chi connectivity index (χ2n) is 5.64. The number of ether oxygens (including phenoxy) is 1. The summed E-state index contributed by atoms with van der Waals surface area (Å²) in [5.74, 6) is 0.522. The third-order valence-electron chi connectivity index (χ3n) is 4.52. The maximum absolute atomic E-state index is 12.6. The van der Waals surface area contributed by atoms with Crippen LogP contribution in [0.25, 0.3) is 0 Å². The lowest BCUT2D eigenvalue weighted by Gasteiger charge is -2.27. The van der Waals surface area contributed by atoms with Crippen LogP contribution in [0.3, 0.4) is 0 Å². The normalized spacial score (nSPS) is 35.6. The van der Waals surface area contributed by atoms with Crippen molar-refractivity contribution in [2.24, 2.45) is 5.92 Å². The summed E-state index contributed by atoms with van der Waals surface area (Å²) >= 11 is 0. The molecule has 1 N–H and O–H groups in total. The highest BCUT2D eigenvalue weighted by atomic mass is 32.2. The third kappa shape index (κ3) is 2.31. The fraction of sp³-hybridized carbons (Fsp3) is 1.00. The number of rotatable bonds is 2. The second-order valence-corrected chi connectivity index (χ2v) is 7.85. The number of nitrogens with zero attached hydrogens (tertiary/aromatic N) is 1. The first-order valence-electron chi connectivity index (χ1n) is 6.98. The molecule has 0 aliphatic carbocycles. The maximum atomic E-state index is 12.6. The molecule has 0 aromatic carbocycles. The number of piperidine rings is 1. The van der Waals surface area contributed by atoms with E-state index in [1.54, 1.807) is 4.31 Å². The Morgan fingerprint density at radius 2 is 1.89 bits per heavy atom. The zero-order chi connectivity index (χ0) is 12.6. The molecule has 5 nitrogen and oxygen atoms in total. The van der Waals surface area contributed by atoms with Crippen molar-refractivity contribution in [3.05, 3.63) is 0 Å². The maximum Gasteiger partial charge on any atom is 0.217 e. The number of nitrogens with one attached hydrogen (secondary N) is 1. The number of sulfonamides is 1. The van der Waals surface area contributed by atoms with Gasteiger partial charge in [-0.05, 0) is 38.1 Å². The van der Waals surface area contributed by atoms with E-state index in [1.807, 2.05) is 0 Å². The van der Waals surface area contributed by atoms with Crippen molar-refractivity contribution >= 4 is 10.0 Å². The number of hydrogen-bond acceptors (Lipinski definition) is 4. The Morgan fingerprint density at radius 3 is 2.61 bits per heavy atom. The first-order valence-corrected chi connectivity index (χ1v) is 8.48. The predicted octanol–water partition coefficient (Wildman–Crippen LogP) is 0.179. The Bertz CT molecular complexity index is 378. The Morgan fingerprint density at radius 1 is 1.11 bits per heavy atom. The Hall–Kier alpha value is -0.170. The molecule has 0 radical (unpaired) electrons. The largest absolute Gasteiger partial charge is 0.381 e. The average molecular weight is 274 g/mol. The van der Waals surface area contributed by atoms with Crippen LogP contribution in [0.5, 0.6) is 0 Å². The lowest BCUT2D eigenvalue weighted by Crippen LogP contribution is -2.43. The van der Waals surface area contributed by atoms with Gasteiger partial charge in [-0.15, -0.1) is 0 Å². The van der Waals surface area contributed by atoms with Gasteiger partial charge in [0, 0.05) is 32.3 Å². The molecule has 0 unspecified atom stereocenters. The molecule has 0 amide bonds. The van der Waals surface area contributed by atoms with Crippen LogP contribution in [-0.4, -0.2) is 56.9 Å². The van der Waals surface area contributed by atoms with Gasteiger partial charge >= 0.3 is 0 Å². The van der Waals surface area contributed by atoms with Gasteiger partial charge in [0.2, 0.25) is 10.0 Å². The molecule has 104 valence electrons. The van der Waals surface area contributed by atoms with Crippen molar-refractivity contribution in [2.75, 3.05) is 32.8 Å². The van der Waals surface area contributed by atoms with Crippen molar-refractivity contribution in [1.82, 2.24) is 9.62 Å². The quantitative estimate of drug-likeness (QED) is 0.780. The fourth-order valence-corrected chi connectivity index (χ4v) is 5.38. The van der Waals surface area contributed by atoms with Crippen molar-refractivity contribution in [3.8, 4) is 0 Å². The summed E-state index contributed by atoms with van der Waals surface area (Å²) in [6.45, 7) is 3.60. The van der Waals surface area contributed by atoms with Gasteiger partial charge in [0.1, 0.15) is 0 Å². The molecular weight excluding hydrogens is 252 g/mol. The Kier molecular flexibility index (Phi) is 3.62. The van der Waals surface area contributed by atoms with Gasteiger partial charge < -0.3 is 10.1 Å². The van der Waals surface area contributed by atoms with Crippen LogP contribution in [0.15, 0.2) is 0 Å². The molecule has 3 aliphatic heterocycles. The van der Waals surface area contributed by atoms with Gasteiger partial charge in [0.25, 0.3) is 0 Å². The van der Waals surface area contributed by atoms with Crippen LogP contribution >= 0.6 is 0 Å². The lowest BCUT2D eigenvalue weighted by molar-refractivity contribution is 0.0973. The summed E-state index contributed by atoms with van der Waals surface area (Å²) in [6.07, 6.45) is 3.65. The molecule has 3 fully saturated rings. The SMILES string of the molecule is O=S(=O)(C1CCOCC1)N1C[C@@H]2CCCN[C@@H]2C1. The molecule has 3 rings (SSSR count). The van der Waals surface area contributed by atoms with E-state index in [9.17, 15) is 8.42 Å². The summed E-state index contributed by atoms with van der Waals surface area (Å²) < 4.78 is 32.1. The Balaban J connectivity index is 1.70. The van der Waals surface area contributed by atoms with E-state index >= 15 is 0 Å². The first kappa shape index (κ1) is 12.8. The highest BCUT2D eigenvalue weighted by Crippen LogP contribution is 2.30. The topological polar surface area (TPSA) is 58.6 Å². The average Bonchev–Trinajstić information content (AvgIpc) is 2.84. The van der Waals surface area contributed by atoms with Crippen molar-refractivity contribution in [2.45, 2.75) is 37.0 Å². The number of hydrogen-bond donors (Lipinski definition) is 1. The zero-order valence-corrected chi connectivity index (χ0v) is 11.5. The van der Waals surface area contributed by atoms with E-state index in [1.165, 1.54) is 6.42 Å². The first-order chi connectivity index (χ1) is 8.68. The standard InChI is InChI=1S/C12H22N2O3S/c15-18(16,11-3-6-17-7-4-11)14-8-10-2-1-5-13-12(10)9-14/h10-13H,1-9H2/t10-,12+/m0/s1. The minimum Gasteiger partial charge on any atom is -0.381 e. The van der Waals surface area contributed by atoms with Crippen molar-refractivity contribution in [1.29, 1.82) is 0 Å². The monoisotopic (exact) mass is 274 g/mol. The molecule has 0 aromatic heterocycles. The molecule has 6 heteroatoms. The number of fused-ring (bicyclic) bond motifs is 1. The molecule has 3 saturated heterocycles. The molecule has 0 bridgehead atoms. The highest BCUT2D eigenvalue weighted by Gasteiger charge is 2.42. The van der Waals surface area contributed by atoms with E-state index < -0.39 is 10.0 Å². The van der Waals surface area contributed by atoms with Crippen molar-refractivity contribution in [3.63, 3.8) is 0 Å². The van der Waals surface area contributed by atoms with E-state index in [-0.39, 0.29) is 5.25 Å². The fourth-order valence-electron chi connectivity index (χ4n) is 3.40. The molecule has 3 heterocycles. The summed E-state index contributed by atoms with van der Waals surface area (Å²) in [6, 6.07) is 0.383. The van der Waals surface area contributed by atoms with Gasteiger partial charge in [0.05, 0.1) is 5.25 Å². The highest BCUT2D eigenvalue weighted by molar-refractivity contribution is 7.89. The summed E-state index contributed by atoms with van der Waals surface area (Å²) in [5, 5.41) is 3.24. The molecule has 0 spiro atoms. The summed E-state index contributed by atoms with van der Waals surface area (Å²) in [7, 11) is -3.11. The zero-order valence-electron chi connectivity index (χ0n) is 10.7. The van der Waals surface area contributed by atoms with Crippen LogP contribution in [0.2, 0.25) is 0 Å². The van der Waals surface area contributed by atoms with Crippen LogP contribution in [0, 0.1) is 5.92 Å². The van der Waals surface area contributed by atoms with Gasteiger partial charge in [-0.1, -0.05) is 0 Å². The van der Waals surface area contributed by atoms with Crippen LogP contribution in [0.1, 0.15) is 25.7 Å². The van der Waals surface area contributed by atoms with Gasteiger partial charge in [-0.3, -0.25) is 0 Å². The van der Waals surface area contributed by atoms with Crippen LogP contribution in [0.4, 0.5) is 0 Å². The lowest BCUT2D eigenvalue weighted by atomic mass is 9.94. The molecule has 2 atom stereocenters. The van der Waals surface area contributed by atoms with E-state index in [4.69, 9.17) is 4.74 Å². The van der Waals surface area contributed by atoms with Crippen LogP contribution in [-0.2, 0) is 14.8 Å². The second kappa shape index (κ2) is 5.07. The van der Waals surface area contributed by atoms with Gasteiger partial charge in [-0.2, -0.15) is 4.31 Å². The molecule has 18 heavy (non-hydrogen) atoms. The van der Waals surface area contributed by atoms with E-state index in [2.05, 4.69) is 5.32 Å². The van der Waals surface area contributed by atoms with Gasteiger partial charge in [0.15, 0.2) is 0 Å². The molecule has 3 aliphatic rings.